The van der Waals surface area contributed by atoms with Crippen molar-refractivity contribution >= 4 is 49.3 Å². The molecule has 1 saturated heterocycles. The molecule has 5 aromatic rings. The number of aromatic amines is 1. The van der Waals surface area contributed by atoms with Gasteiger partial charge in [0.1, 0.15) is 9.22 Å². The number of anilines is 1. The summed E-state index contributed by atoms with van der Waals surface area (Å²) in [5.41, 5.74) is 3.41. The van der Waals surface area contributed by atoms with Crippen LogP contribution in [0.15, 0.2) is 89.2 Å². The van der Waals surface area contributed by atoms with Crippen molar-refractivity contribution in [1.29, 1.82) is 0 Å². The monoisotopic (exact) mass is 619 g/mol. The van der Waals surface area contributed by atoms with Gasteiger partial charge in [0, 0.05) is 40.8 Å². The molecule has 0 atom stereocenters. The summed E-state index contributed by atoms with van der Waals surface area (Å²) in [5.74, 6) is 0.525. The first kappa shape index (κ1) is 28.8. The van der Waals surface area contributed by atoms with Crippen molar-refractivity contribution in [1.82, 2.24) is 19.9 Å². The smallest absolute Gasteiger partial charge is 0.273 e. The summed E-state index contributed by atoms with van der Waals surface area (Å²) in [6.45, 7) is 7.41. The second-order valence-corrected chi connectivity index (χ2v) is 14.4. The Bertz CT molecular complexity index is 1720. The average molecular weight is 620 g/mol. The van der Waals surface area contributed by atoms with Crippen LogP contribution in [0.4, 0.5) is 5.69 Å². The Kier molecular flexibility index (Phi) is 8.82. The Hall–Kier alpha value is -3.35. The van der Waals surface area contributed by atoms with E-state index in [0.717, 1.165) is 54.1 Å². The number of likely N-dealkylation sites (tertiary alicyclic amines) is 1. The second-order valence-electron chi connectivity index (χ2n) is 10.2. The topological polar surface area (TPSA) is 91.4 Å². The highest BCUT2D eigenvalue weighted by atomic mass is 32.2. The number of para-hydroxylation sites is 1. The van der Waals surface area contributed by atoms with E-state index < -0.39 is 10.0 Å². The largest absolute Gasteiger partial charge is 0.376 e. The van der Waals surface area contributed by atoms with Gasteiger partial charge < -0.3 is 9.72 Å². The number of rotatable bonds is 12. The highest BCUT2D eigenvalue weighted by molar-refractivity contribution is 7.94. The molecule has 8 nitrogen and oxygen atoms in total. The molecule has 0 saturated carbocycles. The van der Waals surface area contributed by atoms with Gasteiger partial charge in [0.15, 0.2) is 0 Å². The van der Waals surface area contributed by atoms with E-state index in [-0.39, 0.29) is 13.2 Å². The van der Waals surface area contributed by atoms with Gasteiger partial charge in [0.05, 0.1) is 36.7 Å². The van der Waals surface area contributed by atoms with Crippen molar-refractivity contribution in [2.75, 3.05) is 37.2 Å². The second kappa shape index (κ2) is 12.9. The van der Waals surface area contributed by atoms with E-state index in [1.807, 2.05) is 42.7 Å². The third-order valence-electron chi connectivity index (χ3n) is 7.47. The van der Waals surface area contributed by atoms with Gasteiger partial charge in [-0.05, 0) is 61.6 Å². The molecule has 1 aromatic carbocycles. The van der Waals surface area contributed by atoms with Crippen molar-refractivity contribution in [2.45, 2.75) is 29.5 Å². The standard InChI is InChI=1S/C31H33N5O3S3/c1-2-17-39-18-16-36(42(37,38)29-10-6-19-40-29)28-9-5-7-24-20-27(34-30(24)28)31-33-21-25(41-31)22-35-14-11-23(12-15-35)26-8-3-4-13-32-26/h2-10,13,19-21,23,34H,1,11-12,14-18,22H2. The van der Waals surface area contributed by atoms with Crippen LogP contribution in [-0.4, -0.2) is 61.1 Å². The highest BCUT2D eigenvalue weighted by Gasteiger charge is 2.28. The molecule has 4 aromatic heterocycles. The van der Waals surface area contributed by atoms with Crippen LogP contribution in [0.3, 0.4) is 0 Å². The first-order valence-electron chi connectivity index (χ1n) is 14.0. The van der Waals surface area contributed by atoms with Gasteiger partial charge in [0.2, 0.25) is 0 Å². The van der Waals surface area contributed by atoms with Crippen LogP contribution in [0.2, 0.25) is 0 Å². The lowest BCUT2D eigenvalue weighted by molar-refractivity contribution is 0.171. The van der Waals surface area contributed by atoms with Gasteiger partial charge in [-0.25, -0.2) is 13.4 Å². The van der Waals surface area contributed by atoms with Gasteiger partial charge in [-0.15, -0.1) is 29.3 Å². The normalized spacial score (nSPS) is 14.9. The van der Waals surface area contributed by atoms with Crippen molar-refractivity contribution in [3.8, 4) is 10.7 Å². The number of fused-ring (bicyclic) bond motifs is 1. The molecule has 0 unspecified atom stereocenters. The molecule has 0 radical (unpaired) electrons. The van der Waals surface area contributed by atoms with E-state index in [1.54, 1.807) is 34.9 Å². The third-order valence-corrected chi connectivity index (χ3v) is 11.7. The Morgan fingerprint density at radius 1 is 1.12 bits per heavy atom. The Labute approximate surface area is 254 Å². The van der Waals surface area contributed by atoms with E-state index in [1.165, 1.54) is 26.2 Å². The third kappa shape index (κ3) is 6.20. The van der Waals surface area contributed by atoms with Crippen LogP contribution < -0.4 is 4.31 Å². The minimum atomic E-state index is -3.78. The molecule has 0 aliphatic carbocycles. The number of pyridine rings is 1. The fourth-order valence-electron chi connectivity index (χ4n) is 5.40. The van der Waals surface area contributed by atoms with Crippen molar-refractivity contribution in [2.24, 2.45) is 0 Å². The summed E-state index contributed by atoms with van der Waals surface area (Å²) in [5, 5.41) is 3.58. The van der Waals surface area contributed by atoms with E-state index >= 15 is 0 Å². The minimum Gasteiger partial charge on any atom is -0.376 e. The van der Waals surface area contributed by atoms with E-state index in [9.17, 15) is 8.42 Å². The van der Waals surface area contributed by atoms with Crippen molar-refractivity contribution in [3.63, 3.8) is 0 Å². The lowest BCUT2D eigenvalue weighted by Crippen LogP contribution is -2.34. The Balaban J connectivity index is 1.21. The van der Waals surface area contributed by atoms with Gasteiger partial charge in [-0.1, -0.05) is 30.3 Å². The van der Waals surface area contributed by atoms with Gasteiger partial charge in [-0.2, -0.15) is 0 Å². The average Bonchev–Trinajstić information content (AvgIpc) is 3.79. The summed E-state index contributed by atoms with van der Waals surface area (Å²) >= 11 is 2.88. The van der Waals surface area contributed by atoms with E-state index in [2.05, 4.69) is 33.6 Å². The molecule has 0 bridgehead atoms. The summed E-state index contributed by atoms with van der Waals surface area (Å²) in [6.07, 6.45) is 7.71. The maximum Gasteiger partial charge on any atom is 0.273 e. The summed E-state index contributed by atoms with van der Waals surface area (Å²) in [7, 11) is -3.78. The predicted octanol–water partition coefficient (Wildman–Crippen LogP) is 6.53. The molecule has 0 spiro atoms. The molecule has 1 N–H and O–H groups in total. The van der Waals surface area contributed by atoms with Crippen LogP contribution in [0.5, 0.6) is 0 Å². The molecule has 42 heavy (non-hydrogen) atoms. The van der Waals surface area contributed by atoms with E-state index in [4.69, 9.17) is 9.72 Å². The Morgan fingerprint density at radius 3 is 2.76 bits per heavy atom. The SMILES string of the molecule is C=CCOCCN(c1cccc2cc(-c3ncc(CN4CCC(c5ccccn5)CC4)s3)[nH]c12)S(=O)(=O)c1cccs1. The van der Waals surface area contributed by atoms with Crippen LogP contribution in [0.1, 0.15) is 29.3 Å². The lowest BCUT2D eigenvalue weighted by Gasteiger charge is -2.31. The van der Waals surface area contributed by atoms with Crippen LogP contribution >= 0.6 is 22.7 Å². The first-order chi connectivity index (χ1) is 20.5. The van der Waals surface area contributed by atoms with Crippen LogP contribution in [0, 0.1) is 0 Å². The number of ether oxygens (including phenoxy) is 1. The number of H-pyrrole nitrogens is 1. The Morgan fingerprint density at radius 2 is 2.00 bits per heavy atom. The molecule has 6 rings (SSSR count). The van der Waals surface area contributed by atoms with Gasteiger partial charge in [0.25, 0.3) is 10.0 Å². The molecule has 1 aliphatic heterocycles. The van der Waals surface area contributed by atoms with Crippen molar-refractivity contribution < 1.29 is 13.2 Å². The molecule has 1 fully saturated rings. The summed E-state index contributed by atoms with van der Waals surface area (Å²) < 4.78 is 34.7. The zero-order chi connectivity index (χ0) is 28.9. The zero-order valence-electron chi connectivity index (χ0n) is 23.2. The number of thiazole rings is 1. The molecule has 0 amide bonds. The van der Waals surface area contributed by atoms with E-state index in [0.29, 0.717) is 22.4 Å². The molecular weight excluding hydrogens is 587 g/mol. The van der Waals surface area contributed by atoms with Crippen LogP contribution in [0.25, 0.3) is 21.6 Å². The fraction of sp³-hybridized carbons (Fsp3) is 0.290. The maximum atomic E-state index is 13.7. The highest BCUT2D eigenvalue weighted by Crippen LogP contribution is 2.36. The zero-order valence-corrected chi connectivity index (χ0v) is 25.6. The molecule has 11 heteroatoms. The molecule has 5 heterocycles. The quantitative estimate of drug-likeness (QED) is 0.126. The number of sulfonamides is 1. The van der Waals surface area contributed by atoms with Crippen molar-refractivity contribution in [3.05, 3.63) is 95.6 Å². The molecule has 218 valence electrons. The number of nitrogens with one attached hydrogen (secondary N) is 1. The number of nitrogens with zero attached hydrogens (tertiary/aromatic N) is 4. The summed E-state index contributed by atoms with van der Waals surface area (Å²) in [6, 6.07) is 17.3. The number of hydrogen-bond donors (Lipinski definition) is 1. The maximum absolute atomic E-state index is 13.7. The van der Waals surface area contributed by atoms with Gasteiger partial charge in [-0.3, -0.25) is 14.2 Å². The van der Waals surface area contributed by atoms with Crippen LogP contribution in [-0.2, 0) is 21.3 Å². The fourth-order valence-corrected chi connectivity index (χ4v) is 8.89. The minimum absolute atomic E-state index is 0.181. The number of piperidine rings is 1. The summed E-state index contributed by atoms with van der Waals surface area (Å²) in [4.78, 5) is 16.5. The number of hydrogen-bond acceptors (Lipinski definition) is 8. The predicted molar refractivity (Wildman–Crippen MR) is 171 cm³/mol. The van der Waals surface area contributed by atoms with Gasteiger partial charge >= 0.3 is 0 Å². The lowest BCUT2D eigenvalue weighted by atomic mass is 9.93. The first-order valence-corrected chi connectivity index (χ1v) is 17.1. The number of benzene rings is 1. The number of thiophene rings is 1. The molecular formula is C31H33N5O3S3. The number of aromatic nitrogens is 3. The molecule has 1 aliphatic rings.